The van der Waals surface area contributed by atoms with Gasteiger partial charge in [-0.05, 0) is 19.4 Å². The molecule has 3 nitrogen and oxygen atoms in total. The molecule has 0 aliphatic rings. The van der Waals surface area contributed by atoms with E-state index in [1.54, 1.807) is 11.3 Å². The molecule has 0 aliphatic carbocycles. The summed E-state index contributed by atoms with van der Waals surface area (Å²) in [6, 6.07) is 12.8. The minimum absolute atomic E-state index is 0.237. The van der Waals surface area contributed by atoms with Crippen molar-refractivity contribution in [2.75, 3.05) is 7.05 Å². The van der Waals surface area contributed by atoms with Crippen LogP contribution < -0.4 is 10.1 Å². The minimum atomic E-state index is 0.237. The number of aromatic nitrogens is 1. The molecule has 0 saturated carbocycles. The van der Waals surface area contributed by atoms with Gasteiger partial charge in [0.15, 0.2) is 0 Å². The molecule has 0 fully saturated rings. The summed E-state index contributed by atoms with van der Waals surface area (Å²) < 4.78 is 6.13. The lowest BCUT2D eigenvalue weighted by Gasteiger charge is -2.18. The van der Waals surface area contributed by atoms with Gasteiger partial charge in [-0.2, -0.15) is 0 Å². The zero-order chi connectivity index (χ0) is 14.7. The highest BCUT2D eigenvalue weighted by Gasteiger charge is 2.14. The zero-order valence-electron chi connectivity index (χ0n) is 12.2. The standard InChI is InChI=1S/C17H18N2OS/c1-12(18-2)14-8-7-13-5-3-4-6-15(13)17(14)20-11-16-19-9-10-21-16/h3-10,12,18H,11H2,1-2H3. The van der Waals surface area contributed by atoms with Crippen molar-refractivity contribution in [3.05, 3.63) is 58.5 Å². The molecule has 108 valence electrons. The second-order valence-corrected chi connectivity index (χ2v) is 5.91. The first kappa shape index (κ1) is 14.0. The third-order valence-electron chi connectivity index (χ3n) is 3.63. The van der Waals surface area contributed by atoms with E-state index in [-0.39, 0.29) is 6.04 Å². The first-order chi connectivity index (χ1) is 10.3. The van der Waals surface area contributed by atoms with Gasteiger partial charge in [0.2, 0.25) is 0 Å². The number of fused-ring (bicyclic) bond motifs is 1. The molecule has 3 rings (SSSR count). The maximum absolute atomic E-state index is 6.13. The number of nitrogens with zero attached hydrogens (tertiary/aromatic N) is 1. The van der Waals surface area contributed by atoms with E-state index >= 15 is 0 Å². The van der Waals surface area contributed by atoms with Gasteiger partial charge in [-0.15, -0.1) is 11.3 Å². The summed E-state index contributed by atoms with van der Waals surface area (Å²) in [5.74, 6) is 0.949. The second kappa shape index (κ2) is 6.24. The molecule has 1 atom stereocenters. The smallest absolute Gasteiger partial charge is 0.140 e. The van der Waals surface area contributed by atoms with Crippen molar-refractivity contribution in [3.8, 4) is 5.75 Å². The van der Waals surface area contributed by atoms with Crippen LogP contribution in [0.2, 0.25) is 0 Å². The van der Waals surface area contributed by atoms with E-state index in [2.05, 4.69) is 41.5 Å². The molecule has 2 aromatic carbocycles. The highest BCUT2D eigenvalue weighted by molar-refractivity contribution is 7.09. The molecule has 0 aliphatic heterocycles. The molecule has 0 bridgehead atoms. The molecule has 3 aromatic rings. The summed E-state index contributed by atoms with van der Waals surface area (Å²) >= 11 is 1.62. The van der Waals surface area contributed by atoms with Crippen LogP contribution in [0.25, 0.3) is 10.8 Å². The normalized spacial score (nSPS) is 12.5. The molecule has 0 amide bonds. The van der Waals surface area contributed by atoms with Gasteiger partial charge in [-0.3, -0.25) is 0 Å². The van der Waals surface area contributed by atoms with Crippen molar-refractivity contribution in [2.24, 2.45) is 0 Å². The summed E-state index contributed by atoms with van der Waals surface area (Å²) in [4.78, 5) is 4.28. The number of benzene rings is 2. The number of hydrogen-bond donors (Lipinski definition) is 1. The average Bonchev–Trinajstić information content (AvgIpc) is 3.05. The van der Waals surface area contributed by atoms with Crippen LogP contribution in [0.4, 0.5) is 0 Å². The van der Waals surface area contributed by atoms with Crippen molar-refractivity contribution >= 4 is 22.1 Å². The fourth-order valence-corrected chi connectivity index (χ4v) is 2.90. The molecular weight excluding hydrogens is 280 g/mol. The lowest BCUT2D eigenvalue weighted by atomic mass is 10.0. The van der Waals surface area contributed by atoms with Crippen LogP contribution >= 0.6 is 11.3 Å². The summed E-state index contributed by atoms with van der Waals surface area (Å²) in [5, 5.41) is 8.59. The van der Waals surface area contributed by atoms with Crippen LogP contribution in [0.1, 0.15) is 23.5 Å². The monoisotopic (exact) mass is 298 g/mol. The van der Waals surface area contributed by atoms with E-state index in [1.807, 2.05) is 30.8 Å². The van der Waals surface area contributed by atoms with E-state index < -0.39 is 0 Å². The number of rotatable bonds is 5. The van der Waals surface area contributed by atoms with Crippen LogP contribution in [0.15, 0.2) is 48.0 Å². The molecule has 1 N–H and O–H groups in total. The van der Waals surface area contributed by atoms with E-state index in [0.29, 0.717) is 6.61 Å². The minimum Gasteiger partial charge on any atom is -0.485 e. The molecule has 21 heavy (non-hydrogen) atoms. The van der Waals surface area contributed by atoms with E-state index in [4.69, 9.17) is 4.74 Å². The van der Waals surface area contributed by atoms with Crippen LogP contribution in [0.3, 0.4) is 0 Å². The van der Waals surface area contributed by atoms with Gasteiger partial charge >= 0.3 is 0 Å². The topological polar surface area (TPSA) is 34.1 Å². The average molecular weight is 298 g/mol. The predicted molar refractivity (Wildman–Crippen MR) is 87.9 cm³/mol. The molecule has 4 heteroatoms. The Morgan fingerprint density at radius 3 is 2.86 bits per heavy atom. The maximum Gasteiger partial charge on any atom is 0.140 e. The maximum atomic E-state index is 6.13. The Kier molecular flexibility index (Phi) is 4.18. The van der Waals surface area contributed by atoms with Gasteiger partial charge in [0.25, 0.3) is 0 Å². The largest absolute Gasteiger partial charge is 0.485 e. The first-order valence-electron chi connectivity index (χ1n) is 6.99. The Morgan fingerprint density at radius 2 is 2.10 bits per heavy atom. The van der Waals surface area contributed by atoms with Gasteiger partial charge in [0.1, 0.15) is 17.4 Å². The van der Waals surface area contributed by atoms with Gasteiger partial charge in [-0.25, -0.2) is 4.98 Å². The molecule has 1 aromatic heterocycles. The van der Waals surface area contributed by atoms with Crippen molar-refractivity contribution < 1.29 is 4.74 Å². The lowest BCUT2D eigenvalue weighted by Crippen LogP contribution is -2.14. The Hall–Kier alpha value is -1.91. The Morgan fingerprint density at radius 1 is 1.24 bits per heavy atom. The summed E-state index contributed by atoms with van der Waals surface area (Å²) in [5.41, 5.74) is 1.17. The molecule has 1 unspecified atom stereocenters. The van der Waals surface area contributed by atoms with Gasteiger partial charge < -0.3 is 10.1 Å². The number of thiazole rings is 1. The summed E-state index contributed by atoms with van der Waals surface area (Å²) in [6.45, 7) is 2.65. The highest BCUT2D eigenvalue weighted by Crippen LogP contribution is 2.34. The SMILES string of the molecule is CNC(C)c1ccc2ccccc2c1OCc1nccs1. The Labute approximate surface area is 128 Å². The van der Waals surface area contributed by atoms with Gasteiger partial charge in [-0.1, -0.05) is 36.4 Å². The third-order valence-corrected chi connectivity index (χ3v) is 4.39. The van der Waals surface area contributed by atoms with Gasteiger partial charge in [0, 0.05) is 28.6 Å². The van der Waals surface area contributed by atoms with Crippen molar-refractivity contribution in [1.29, 1.82) is 0 Å². The molecule has 0 radical (unpaired) electrons. The lowest BCUT2D eigenvalue weighted by molar-refractivity contribution is 0.303. The molecular formula is C17H18N2OS. The van der Waals surface area contributed by atoms with Crippen molar-refractivity contribution in [3.63, 3.8) is 0 Å². The second-order valence-electron chi connectivity index (χ2n) is 4.93. The van der Waals surface area contributed by atoms with Crippen LogP contribution in [0, 0.1) is 0 Å². The fraction of sp³-hybridized carbons (Fsp3) is 0.235. The highest BCUT2D eigenvalue weighted by atomic mass is 32.1. The van der Waals surface area contributed by atoms with E-state index in [0.717, 1.165) is 16.1 Å². The van der Waals surface area contributed by atoms with Crippen molar-refractivity contribution in [2.45, 2.75) is 19.6 Å². The van der Waals surface area contributed by atoms with Crippen molar-refractivity contribution in [1.82, 2.24) is 10.3 Å². The number of hydrogen-bond acceptors (Lipinski definition) is 4. The third kappa shape index (κ3) is 2.91. The van der Waals surface area contributed by atoms with Crippen LogP contribution in [0.5, 0.6) is 5.75 Å². The Bertz CT molecular complexity index is 725. The summed E-state index contributed by atoms with van der Waals surface area (Å²) in [6.07, 6.45) is 1.81. The van der Waals surface area contributed by atoms with Gasteiger partial charge in [0.05, 0.1) is 0 Å². The van der Waals surface area contributed by atoms with E-state index in [9.17, 15) is 0 Å². The molecule has 0 saturated heterocycles. The molecule has 0 spiro atoms. The first-order valence-corrected chi connectivity index (χ1v) is 7.87. The number of nitrogens with one attached hydrogen (secondary N) is 1. The zero-order valence-corrected chi connectivity index (χ0v) is 13.0. The van der Waals surface area contributed by atoms with E-state index in [1.165, 1.54) is 10.9 Å². The molecule has 1 heterocycles. The number of ether oxygens (including phenoxy) is 1. The quantitative estimate of drug-likeness (QED) is 0.768. The summed E-state index contributed by atoms with van der Waals surface area (Å²) in [7, 11) is 1.96. The predicted octanol–water partition coefficient (Wildman–Crippen LogP) is 4.16. The Balaban J connectivity index is 2.02. The van der Waals surface area contributed by atoms with Crippen LogP contribution in [-0.2, 0) is 6.61 Å². The fourth-order valence-electron chi connectivity index (χ4n) is 2.38. The van der Waals surface area contributed by atoms with Crippen LogP contribution in [-0.4, -0.2) is 12.0 Å².